The number of nitrogens with two attached hydrogens (primary N) is 1. The van der Waals surface area contributed by atoms with Gasteiger partial charge in [-0.05, 0) is 49.1 Å². The number of amidine groups is 1. The van der Waals surface area contributed by atoms with Crippen molar-refractivity contribution in [2.45, 2.75) is 36.0 Å². The van der Waals surface area contributed by atoms with Crippen LogP contribution in [-0.4, -0.2) is 51.2 Å². The van der Waals surface area contributed by atoms with Crippen LogP contribution in [-0.2, 0) is 25.9 Å². The maximum Gasteiger partial charge on any atom is 0.221 e. The Hall–Kier alpha value is -2.58. The molecule has 9 nitrogen and oxygen atoms in total. The van der Waals surface area contributed by atoms with Crippen molar-refractivity contribution < 1.29 is 22.6 Å². The van der Waals surface area contributed by atoms with Crippen molar-refractivity contribution in [1.82, 2.24) is 9.78 Å². The minimum absolute atomic E-state index is 0.0995. The fraction of sp³-hybridized carbons (Fsp3) is 0.360. The Morgan fingerprint density at radius 1 is 1.32 bits per heavy atom. The molecule has 196 valence electrons. The van der Waals surface area contributed by atoms with E-state index < -0.39 is 15.0 Å². The topological polar surface area (TPSA) is 118 Å². The van der Waals surface area contributed by atoms with Gasteiger partial charge in [0.05, 0.1) is 22.2 Å². The van der Waals surface area contributed by atoms with Crippen LogP contribution >= 0.6 is 22.6 Å². The van der Waals surface area contributed by atoms with E-state index in [-0.39, 0.29) is 22.6 Å². The van der Waals surface area contributed by atoms with Crippen LogP contribution in [0.4, 0.5) is 0 Å². The van der Waals surface area contributed by atoms with E-state index in [2.05, 4.69) is 45.8 Å². The molecule has 2 unspecified atom stereocenters. The first-order chi connectivity index (χ1) is 17.7. The van der Waals surface area contributed by atoms with Gasteiger partial charge in [-0.25, -0.2) is 13.1 Å². The highest BCUT2D eigenvalue weighted by Gasteiger charge is 2.24. The molecule has 0 aliphatic carbocycles. The van der Waals surface area contributed by atoms with Gasteiger partial charge >= 0.3 is 0 Å². The molecule has 0 spiro atoms. The van der Waals surface area contributed by atoms with Crippen molar-refractivity contribution in [2.24, 2.45) is 10.7 Å². The monoisotopic (exact) mass is 636 g/mol. The molecule has 2 heterocycles. The second kappa shape index (κ2) is 11.9. The summed E-state index contributed by atoms with van der Waals surface area (Å²) in [4.78, 5) is 4.11. The van der Waals surface area contributed by atoms with Crippen LogP contribution in [0.5, 0.6) is 5.75 Å². The van der Waals surface area contributed by atoms with Crippen molar-refractivity contribution in [1.29, 1.82) is 0 Å². The van der Waals surface area contributed by atoms with E-state index in [1.54, 1.807) is 13.2 Å². The lowest BCUT2D eigenvalue weighted by Gasteiger charge is -2.23. The molecule has 4 rings (SSSR count). The van der Waals surface area contributed by atoms with Crippen molar-refractivity contribution in [3.63, 3.8) is 0 Å². The Bertz CT molecular complexity index is 1420. The first-order valence-corrected chi connectivity index (χ1v) is 15.1. The van der Waals surface area contributed by atoms with Gasteiger partial charge < -0.3 is 19.9 Å². The Morgan fingerprint density at radius 2 is 2.08 bits per heavy atom. The van der Waals surface area contributed by atoms with E-state index in [4.69, 9.17) is 25.0 Å². The molecule has 1 aromatic heterocycles. The van der Waals surface area contributed by atoms with Crippen LogP contribution in [0.15, 0.2) is 59.4 Å². The molecular weight excluding hydrogens is 606 g/mol. The van der Waals surface area contributed by atoms with Crippen LogP contribution in [0.3, 0.4) is 0 Å². The molecule has 1 saturated heterocycles. The zero-order valence-electron chi connectivity index (χ0n) is 21.1. The SMILES string of the molecule is Bc1ccc2c(c1)c(C(I)/C=C(\N=C(/N)S(C)(=O)=O)OCc1ccc(OC)cc1)nn2C1CCCCO1. The van der Waals surface area contributed by atoms with Gasteiger partial charge in [0.15, 0.2) is 6.23 Å². The fourth-order valence-electron chi connectivity index (χ4n) is 4.01. The van der Waals surface area contributed by atoms with E-state index >= 15 is 0 Å². The number of aromatic nitrogens is 2. The largest absolute Gasteiger partial charge is 0.497 e. The lowest BCUT2D eigenvalue weighted by Crippen LogP contribution is -2.23. The molecule has 2 atom stereocenters. The molecular formula is C25H30BIN4O5S. The van der Waals surface area contributed by atoms with Crippen LogP contribution in [0.2, 0.25) is 0 Å². The second-order valence-electron chi connectivity index (χ2n) is 8.94. The van der Waals surface area contributed by atoms with Gasteiger partial charge in [-0.1, -0.05) is 52.3 Å². The number of aliphatic imine (C=N–C) groups is 1. The van der Waals surface area contributed by atoms with Crippen LogP contribution in [0.1, 0.15) is 40.7 Å². The summed E-state index contributed by atoms with van der Waals surface area (Å²) < 4.78 is 42.8. The number of alkyl halides is 1. The van der Waals surface area contributed by atoms with Crippen LogP contribution in [0.25, 0.3) is 10.9 Å². The molecule has 1 aliphatic heterocycles. The number of sulfone groups is 1. The molecule has 2 N–H and O–H groups in total. The molecule has 1 fully saturated rings. The third-order valence-electron chi connectivity index (χ3n) is 6.01. The Balaban J connectivity index is 1.70. The molecule has 1 aliphatic rings. The average Bonchev–Trinajstić information content (AvgIpc) is 3.26. The summed E-state index contributed by atoms with van der Waals surface area (Å²) in [7, 11) is -0.0517. The van der Waals surface area contributed by atoms with Crippen molar-refractivity contribution >= 4 is 61.8 Å². The molecule has 37 heavy (non-hydrogen) atoms. The number of allylic oxidation sites excluding steroid dienone is 1. The first-order valence-electron chi connectivity index (χ1n) is 11.9. The molecule has 0 bridgehead atoms. The number of methoxy groups -OCH3 is 1. The van der Waals surface area contributed by atoms with E-state index in [0.29, 0.717) is 6.61 Å². The zero-order chi connectivity index (χ0) is 26.6. The highest BCUT2D eigenvalue weighted by atomic mass is 127. The summed E-state index contributed by atoms with van der Waals surface area (Å²) in [5, 5.41) is 5.43. The summed E-state index contributed by atoms with van der Waals surface area (Å²) in [6.45, 7) is 0.882. The predicted octanol–water partition coefficient (Wildman–Crippen LogP) is 2.90. The quantitative estimate of drug-likeness (QED) is 0.101. The minimum atomic E-state index is -3.69. The molecule has 0 radical (unpaired) electrons. The smallest absolute Gasteiger partial charge is 0.221 e. The fourth-order valence-corrected chi connectivity index (χ4v) is 5.03. The van der Waals surface area contributed by atoms with E-state index in [9.17, 15) is 8.42 Å². The highest BCUT2D eigenvalue weighted by molar-refractivity contribution is 14.1. The van der Waals surface area contributed by atoms with E-state index in [0.717, 1.165) is 58.9 Å². The van der Waals surface area contributed by atoms with E-state index in [1.807, 2.05) is 36.8 Å². The number of rotatable bonds is 8. The van der Waals surface area contributed by atoms with Gasteiger partial charge in [0.2, 0.25) is 20.9 Å². The standard InChI is InChI=1S/C25H30BIN4O5S/c1-34-18-9-6-16(7-10-18)15-36-22(29-25(28)37(2,32)33)14-20(27)24-19-13-17(26)8-11-21(19)31(30-24)23-5-3-4-12-35-23/h6-11,13-14,20,23H,3-5,12,15,26H2,1-2H3,(H2,28,29)/b22-14+. The van der Waals surface area contributed by atoms with Crippen LogP contribution in [0, 0.1) is 0 Å². The summed E-state index contributed by atoms with van der Waals surface area (Å²) in [6, 6.07) is 13.6. The third kappa shape index (κ3) is 6.85. The number of hydrogen-bond acceptors (Lipinski definition) is 7. The van der Waals surface area contributed by atoms with E-state index in [1.165, 1.54) is 0 Å². The maximum atomic E-state index is 12.0. The number of halogens is 1. The third-order valence-corrected chi connectivity index (χ3v) is 7.82. The predicted molar refractivity (Wildman–Crippen MR) is 156 cm³/mol. The first kappa shape index (κ1) is 27.5. The van der Waals surface area contributed by atoms with Gasteiger partial charge in [0.25, 0.3) is 0 Å². The molecule has 3 aromatic rings. The summed E-state index contributed by atoms with van der Waals surface area (Å²) in [5.74, 6) is 0.827. The summed E-state index contributed by atoms with van der Waals surface area (Å²) >= 11 is 2.25. The van der Waals surface area contributed by atoms with Crippen molar-refractivity contribution in [3.8, 4) is 5.75 Å². The normalized spacial score (nSPS) is 18.1. The lowest BCUT2D eigenvalue weighted by atomic mass is 9.94. The molecule has 12 heteroatoms. The van der Waals surface area contributed by atoms with Crippen LogP contribution < -0.4 is 15.9 Å². The summed E-state index contributed by atoms with van der Waals surface area (Å²) in [5.41, 5.74) is 9.55. The van der Waals surface area contributed by atoms with Gasteiger partial charge in [-0.3, -0.25) is 0 Å². The Morgan fingerprint density at radius 3 is 2.73 bits per heavy atom. The Kier molecular flexibility index (Phi) is 8.80. The highest BCUT2D eigenvalue weighted by Crippen LogP contribution is 2.35. The van der Waals surface area contributed by atoms with Crippen molar-refractivity contribution in [3.05, 3.63) is 65.7 Å². The number of nitrogens with zero attached hydrogens (tertiary/aromatic N) is 3. The zero-order valence-corrected chi connectivity index (χ0v) is 24.0. The van der Waals surface area contributed by atoms with Gasteiger partial charge in [-0.15, -0.1) is 0 Å². The minimum Gasteiger partial charge on any atom is -0.497 e. The second-order valence-corrected chi connectivity index (χ2v) is 12.2. The lowest BCUT2D eigenvalue weighted by molar-refractivity contribution is -0.0368. The molecule has 0 amide bonds. The van der Waals surface area contributed by atoms with Gasteiger partial charge in [-0.2, -0.15) is 10.1 Å². The maximum absolute atomic E-state index is 12.0. The number of benzene rings is 2. The number of ether oxygens (including phenoxy) is 3. The Labute approximate surface area is 231 Å². The number of hydrogen-bond donors (Lipinski definition) is 1. The van der Waals surface area contributed by atoms with Gasteiger partial charge in [0.1, 0.15) is 20.2 Å². The molecule has 2 aromatic carbocycles. The molecule has 0 saturated carbocycles. The van der Waals surface area contributed by atoms with Gasteiger partial charge in [0, 0.05) is 18.2 Å². The van der Waals surface area contributed by atoms with Crippen molar-refractivity contribution in [2.75, 3.05) is 20.0 Å². The number of fused-ring (bicyclic) bond motifs is 1. The average molecular weight is 636 g/mol. The summed E-state index contributed by atoms with van der Waals surface area (Å²) in [6.07, 6.45) is 5.66.